The fourth-order valence-electron chi connectivity index (χ4n) is 4.44. The summed E-state index contributed by atoms with van der Waals surface area (Å²) in [5.74, 6) is -0.417. The van der Waals surface area contributed by atoms with Crippen LogP contribution in [0.2, 0.25) is 0 Å². The van der Waals surface area contributed by atoms with Crippen molar-refractivity contribution in [3.8, 4) is 5.69 Å². The van der Waals surface area contributed by atoms with Gasteiger partial charge in [0.25, 0.3) is 0 Å². The molecule has 3 aromatic rings. The van der Waals surface area contributed by atoms with Crippen molar-refractivity contribution in [2.45, 2.75) is 52.5 Å². The van der Waals surface area contributed by atoms with E-state index in [4.69, 9.17) is 0 Å². The van der Waals surface area contributed by atoms with Gasteiger partial charge in [0.1, 0.15) is 10.6 Å². The number of hydrogen-bond acceptors (Lipinski definition) is 5. The molecule has 1 aromatic carbocycles. The Balaban J connectivity index is 1.65. The Morgan fingerprint density at radius 3 is 2.41 bits per heavy atom. The molecule has 4 rings (SSSR count). The largest absolute Gasteiger partial charge is 0.477 e. The summed E-state index contributed by atoms with van der Waals surface area (Å²) in [5.41, 5.74) is 2.47. The molecule has 1 aliphatic carbocycles. The smallest absolute Gasteiger partial charge is 0.341 e. The summed E-state index contributed by atoms with van der Waals surface area (Å²) in [4.78, 5) is 31.4. The van der Waals surface area contributed by atoms with Crippen molar-refractivity contribution in [3.05, 3.63) is 64.8 Å². The van der Waals surface area contributed by atoms with E-state index in [0.29, 0.717) is 11.6 Å². The number of carboxylic acids is 1. The van der Waals surface area contributed by atoms with Crippen LogP contribution in [0.3, 0.4) is 0 Å². The normalized spacial score (nSPS) is 18.1. The van der Waals surface area contributed by atoms with Crippen molar-refractivity contribution < 1.29 is 14.7 Å². The third kappa shape index (κ3) is 4.82. The maximum Gasteiger partial charge on any atom is 0.341 e. The van der Waals surface area contributed by atoms with Crippen molar-refractivity contribution in [1.29, 1.82) is 0 Å². The number of benzene rings is 1. The summed E-state index contributed by atoms with van der Waals surface area (Å²) >= 11 is 1.52. The first kappa shape index (κ1) is 23.9. The quantitative estimate of drug-likeness (QED) is 0.474. The fraction of sp³-hybridized carbons (Fsp3) is 0.385. The summed E-state index contributed by atoms with van der Waals surface area (Å²) in [6.07, 6.45) is 6.91. The minimum Gasteiger partial charge on any atom is -0.477 e. The number of thiazole rings is 1. The van der Waals surface area contributed by atoms with Crippen LogP contribution in [0.4, 0.5) is 5.82 Å². The van der Waals surface area contributed by atoms with Crippen LogP contribution in [0.25, 0.3) is 11.3 Å². The highest BCUT2D eigenvalue weighted by molar-refractivity contribution is 7.10. The standard InChI is InChI=1S/C26H30N4O3S/c1-16(2)30(25(31)20-7-5-17(3)6-8-20)23-22(26(32)33)15-29(28-23)21-11-9-19(10-12-21)18(4)24-27-13-14-34-24/h9-17,20H,4-8H2,1-3H3,(H,32,33). The van der Waals surface area contributed by atoms with E-state index in [1.54, 1.807) is 11.1 Å². The average Bonchev–Trinajstić information content (AvgIpc) is 3.50. The van der Waals surface area contributed by atoms with E-state index in [-0.39, 0.29) is 29.2 Å². The Labute approximate surface area is 203 Å². The number of carbonyl (C=O) groups is 2. The van der Waals surface area contributed by atoms with Crippen LogP contribution < -0.4 is 4.90 Å². The van der Waals surface area contributed by atoms with Gasteiger partial charge in [-0.2, -0.15) is 0 Å². The van der Waals surface area contributed by atoms with E-state index in [9.17, 15) is 14.7 Å². The summed E-state index contributed by atoms with van der Waals surface area (Å²) < 4.78 is 1.53. The monoisotopic (exact) mass is 478 g/mol. The zero-order chi connectivity index (χ0) is 24.4. The molecule has 0 aliphatic heterocycles. The second-order valence-electron chi connectivity index (χ2n) is 9.24. The number of rotatable bonds is 7. The molecule has 34 heavy (non-hydrogen) atoms. The molecule has 7 nitrogen and oxygen atoms in total. The van der Waals surface area contributed by atoms with Crippen LogP contribution >= 0.6 is 11.3 Å². The van der Waals surface area contributed by atoms with Crippen molar-refractivity contribution >= 4 is 34.6 Å². The van der Waals surface area contributed by atoms with Crippen LogP contribution in [0, 0.1) is 11.8 Å². The summed E-state index contributed by atoms with van der Waals surface area (Å²) in [6, 6.07) is 7.34. The van der Waals surface area contributed by atoms with Crippen LogP contribution in [0.15, 0.2) is 48.6 Å². The third-order valence-corrected chi connectivity index (χ3v) is 7.28. The minimum atomic E-state index is -1.11. The SMILES string of the molecule is C=C(c1ccc(-n2cc(C(=O)O)c(N(C(=O)C3CCC(C)CC3)C(C)C)n2)cc1)c1nccs1. The van der Waals surface area contributed by atoms with Gasteiger partial charge in [0.15, 0.2) is 5.82 Å². The van der Waals surface area contributed by atoms with Crippen LogP contribution in [-0.4, -0.2) is 37.8 Å². The Kier molecular flexibility index (Phi) is 6.97. The number of hydrogen-bond donors (Lipinski definition) is 1. The predicted molar refractivity (Wildman–Crippen MR) is 135 cm³/mol. The Bertz CT molecular complexity index is 1170. The van der Waals surface area contributed by atoms with Crippen LogP contribution in [0.1, 0.15) is 67.4 Å². The van der Waals surface area contributed by atoms with Gasteiger partial charge in [0.05, 0.1) is 5.69 Å². The molecular weight excluding hydrogens is 448 g/mol. The topological polar surface area (TPSA) is 88.3 Å². The first-order valence-electron chi connectivity index (χ1n) is 11.6. The maximum atomic E-state index is 13.5. The molecule has 1 saturated carbocycles. The molecule has 1 amide bonds. The van der Waals surface area contributed by atoms with Crippen molar-refractivity contribution in [1.82, 2.24) is 14.8 Å². The lowest BCUT2D eigenvalue weighted by Crippen LogP contribution is -2.43. The van der Waals surface area contributed by atoms with Crippen molar-refractivity contribution in [2.24, 2.45) is 11.8 Å². The number of carboxylic acid groups (broad SMARTS) is 1. The van der Waals surface area contributed by atoms with E-state index in [0.717, 1.165) is 41.8 Å². The van der Waals surface area contributed by atoms with E-state index >= 15 is 0 Å². The molecule has 0 radical (unpaired) electrons. The van der Waals surface area contributed by atoms with Crippen LogP contribution in [0.5, 0.6) is 0 Å². The molecule has 1 N–H and O–H groups in total. The van der Waals surface area contributed by atoms with Gasteiger partial charge in [-0.1, -0.05) is 25.6 Å². The molecule has 2 aromatic heterocycles. The molecule has 1 aliphatic rings. The van der Waals surface area contributed by atoms with Gasteiger partial charge in [0.2, 0.25) is 5.91 Å². The van der Waals surface area contributed by atoms with Gasteiger partial charge < -0.3 is 5.11 Å². The maximum absolute atomic E-state index is 13.5. The average molecular weight is 479 g/mol. The second kappa shape index (κ2) is 9.93. The highest BCUT2D eigenvalue weighted by Gasteiger charge is 2.34. The van der Waals surface area contributed by atoms with Crippen molar-refractivity contribution in [3.63, 3.8) is 0 Å². The van der Waals surface area contributed by atoms with Gasteiger partial charge >= 0.3 is 5.97 Å². The van der Waals surface area contributed by atoms with Gasteiger partial charge in [-0.3, -0.25) is 9.69 Å². The fourth-order valence-corrected chi connectivity index (χ4v) is 5.08. The second-order valence-corrected chi connectivity index (χ2v) is 10.1. The lowest BCUT2D eigenvalue weighted by Gasteiger charge is -2.32. The van der Waals surface area contributed by atoms with Gasteiger partial charge in [0, 0.05) is 35.3 Å². The zero-order valence-corrected chi connectivity index (χ0v) is 20.6. The highest BCUT2D eigenvalue weighted by Crippen LogP contribution is 2.33. The highest BCUT2D eigenvalue weighted by atomic mass is 32.1. The molecule has 0 bridgehead atoms. The number of aromatic nitrogens is 3. The number of nitrogens with zero attached hydrogens (tertiary/aromatic N) is 4. The van der Waals surface area contributed by atoms with Gasteiger partial charge in [-0.05, 0) is 63.1 Å². The first-order valence-corrected chi connectivity index (χ1v) is 12.5. The molecule has 0 atom stereocenters. The molecular formula is C26H30N4O3S. The van der Waals surface area contributed by atoms with E-state index in [1.165, 1.54) is 22.2 Å². The van der Waals surface area contributed by atoms with Crippen molar-refractivity contribution in [2.75, 3.05) is 4.90 Å². The summed E-state index contributed by atoms with van der Waals surface area (Å²) in [6.45, 7) is 10.1. The van der Waals surface area contributed by atoms with Gasteiger partial charge in [-0.15, -0.1) is 16.4 Å². The number of carbonyl (C=O) groups excluding carboxylic acids is 1. The molecule has 0 saturated heterocycles. The predicted octanol–water partition coefficient (Wildman–Crippen LogP) is 5.66. The number of anilines is 1. The zero-order valence-electron chi connectivity index (χ0n) is 19.8. The molecule has 8 heteroatoms. The van der Waals surface area contributed by atoms with E-state index < -0.39 is 5.97 Å². The van der Waals surface area contributed by atoms with Gasteiger partial charge in [-0.25, -0.2) is 14.5 Å². The Hall–Kier alpha value is -3.26. The summed E-state index contributed by atoms with van der Waals surface area (Å²) in [7, 11) is 0. The lowest BCUT2D eigenvalue weighted by molar-refractivity contribution is -0.123. The van der Waals surface area contributed by atoms with E-state index in [1.807, 2.05) is 43.5 Å². The minimum absolute atomic E-state index is 0.0162. The lowest BCUT2D eigenvalue weighted by atomic mass is 9.82. The van der Waals surface area contributed by atoms with E-state index in [2.05, 4.69) is 23.6 Å². The number of aromatic carboxylic acids is 1. The molecule has 2 heterocycles. The Morgan fingerprint density at radius 2 is 1.85 bits per heavy atom. The molecule has 178 valence electrons. The first-order chi connectivity index (χ1) is 16.3. The van der Waals surface area contributed by atoms with Crippen LogP contribution in [-0.2, 0) is 4.79 Å². The molecule has 0 unspecified atom stereocenters. The third-order valence-electron chi connectivity index (χ3n) is 6.44. The summed E-state index contributed by atoms with van der Waals surface area (Å²) in [5, 5.41) is 17.2. The number of amides is 1. The molecule has 0 spiro atoms. The molecule has 1 fully saturated rings. The Morgan fingerprint density at radius 1 is 1.18 bits per heavy atom.